The molecule has 1 fully saturated rings. The van der Waals surface area contributed by atoms with Gasteiger partial charge in [0.2, 0.25) is 0 Å². The summed E-state index contributed by atoms with van der Waals surface area (Å²) in [5.41, 5.74) is -0.629. The van der Waals surface area contributed by atoms with Gasteiger partial charge in [-0.2, -0.15) is 0 Å². The standard InChI is InChI=1S/C18H20N6O2/c1-24-7-4-12-9-14(22-15-11-19-5-6-20-15)23-17(16(12)18(24)25)21-10-13-3-2-8-26-13/h4-7,9,11,13H,2-3,8,10H2,1H3,(H2,20,21,22,23)/t13-/m0/s1/i1D3. The molecule has 8 nitrogen and oxygen atoms in total. The molecule has 26 heavy (non-hydrogen) atoms. The lowest BCUT2D eigenvalue weighted by Crippen LogP contribution is -2.22. The molecule has 0 saturated carbocycles. The van der Waals surface area contributed by atoms with E-state index in [0.29, 0.717) is 36.0 Å². The lowest BCUT2D eigenvalue weighted by Gasteiger charge is -2.15. The number of aryl methyl sites for hydroxylation is 1. The third kappa shape index (κ3) is 3.36. The van der Waals surface area contributed by atoms with Crippen molar-refractivity contribution in [2.75, 3.05) is 23.8 Å². The summed E-state index contributed by atoms with van der Waals surface area (Å²) in [5.74, 6) is 1.26. The fourth-order valence-corrected chi connectivity index (χ4v) is 2.97. The Morgan fingerprint density at radius 1 is 1.42 bits per heavy atom. The number of pyridine rings is 2. The second kappa shape index (κ2) is 7.09. The van der Waals surface area contributed by atoms with Crippen LogP contribution in [0, 0.1) is 0 Å². The minimum Gasteiger partial charge on any atom is -0.376 e. The molecule has 3 aromatic heterocycles. The maximum atomic E-state index is 12.9. The molecule has 0 amide bonds. The van der Waals surface area contributed by atoms with Crippen LogP contribution in [0.3, 0.4) is 0 Å². The zero-order chi connectivity index (χ0) is 20.4. The van der Waals surface area contributed by atoms with Crippen molar-refractivity contribution in [1.29, 1.82) is 0 Å². The van der Waals surface area contributed by atoms with Crippen LogP contribution in [0.4, 0.5) is 17.5 Å². The van der Waals surface area contributed by atoms with E-state index in [4.69, 9.17) is 8.85 Å². The van der Waals surface area contributed by atoms with Gasteiger partial charge in [-0.25, -0.2) is 9.97 Å². The van der Waals surface area contributed by atoms with Gasteiger partial charge in [-0.1, -0.05) is 0 Å². The van der Waals surface area contributed by atoms with E-state index in [0.717, 1.165) is 17.4 Å². The van der Waals surface area contributed by atoms with Crippen molar-refractivity contribution in [2.45, 2.75) is 18.9 Å². The summed E-state index contributed by atoms with van der Waals surface area (Å²) in [4.78, 5) is 25.6. The molecule has 2 N–H and O–H groups in total. The highest BCUT2D eigenvalue weighted by molar-refractivity contribution is 5.93. The summed E-state index contributed by atoms with van der Waals surface area (Å²) >= 11 is 0. The average Bonchev–Trinajstić information content (AvgIpc) is 3.19. The molecular formula is C18H20N6O2. The molecule has 4 heterocycles. The third-order valence-corrected chi connectivity index (χ3v) is 4.23. The quantitative estimate of drug-likeness (QED) is 0.723. The van der Waals surface area contributed by atoms with E-state index in [2.05, 4.69) is 25.6 Å². The Morgan fingerprint density at radius 3 is 3.15 bits per heavy atom. The monoisotopic (exact) mass is 355 g/mol. The molecule has 134 valence electrons. The van der Waals surface area contributed by atoms with Gasteiger partial charge < -0.3 is 19.9 Å². The normalized spacial score (nSPS) is 18.9. The number of ether oxygens (including phenoxy) is 1. The Labute approximate surface area is 154 Å². The van der Waals surface area contributed by atoms with Gasteiger partial charge in [0, 0.05) is 42.8 Å². The van der Waals surface area contributed by atoms with Crippen LogP contribution in [0.5, 0.6) is 0 Å². The van der Waals surface area contributed by atoms with Crippen LogP contribution < -0.4 is 16.2 Å². The third-order valence-electron chi connectivity index (χ3n) is 4.23. The first-order valence-corrected chi connectivity index (χ1v) is 8.37. The first-order valence-electron chi connectivity index (χ1n) is 9.87. The van der Waals surface area contributed by atoms with Gasteiger partial charge in [-0.05, 0) is 30.4 Å². The van der Waals surface area contributed by atoms with Crippen molar-refractivity contribution in [1.82, 2.24) is 19.5 Å². The van der Waals surface area contributed by atoms with E-state index < -0.39 is 12.5 Å². The van der Waals surface area contributed by atoms with Gasteiger partial charge in [0.05, 0.1) is 17.7 Å². The van der Waals surface area contributed by atoms with Crippen molar-refractivity contribution in [3.05, 3.63) is 47.3 Å². The molecule has 1 aliphatic rings. The van der Waals surface area contributed by atoms with Crippen molar-refractivity contribution in [3.8, 4) is 0 Å². The summed E-state index contributed by atoms with van der Waals surface area (Å²) in [6, 6.07) is 3.26. The van der Waals surface area contributed by atoms with E-state index in [-0.39, 0.29) is 11.5 Å². The summed E-state index contributed by atoms with van der Waals surface area (Å²) in [7, 11) is 0. The molecule has 0 bridgehead atoms. The van der Waals surface area contributed by atoms with Gasteiger partial charge >= 0.3 is 0 Å². The summed E-state index contributed by atoms with van der Waals surface area (Å²) in [6.07, 6.45) is 7.87. The molecule has 0 radical (unpaired) electrons. The van der Waals surface area contributed by atoms with Gasteiger partial charge in [-0.15, -0.1) is 0 Å². The molecule has 0 aliphatic carbocycles. The minimum atomic E-state index is -2.58. The Balaban J connectivity index is 1.77. The highest BCUT2D eigenvalue weighted by atomic mass is 16.5. The Bertz CT molecular complexity index is 1060. The van der Waals surface area contributed by atoms with Crippen LogP contribution in [0.1, 0.15) is 17.0 Å². The molecule has 0 aromatic carbocycles. The molecule has 1 aliphatic heterocycles. The SMILES string of the molecule is [2H]C([2H])([2H])n1ccc2cc(Nc3cnccn3)nc(NC[C@@H]3CCCO3)c2c1=O. The lowest BCUT2D eigenvalue weighted by atomic mass is 10.2. The van der Waals surface area contributed by atoms with E-state index >= 15 is 0 Å². The molecule has 4 rings (SSSR count). The predicted octanol–water partition coefficient (Wildman–Crippen LogP) is 2.06. The van der Waals surface area contributed by atoms with Gasteiger partial charge in [0.15, 0.2) is 0 Å². The molecule has 0 unspecified atom stereocenters. The van der Waals surface area contributed by atoms with Crippen LogP contribution in [-0.4, -0.2) is 38.8 Å². The molecule has 3 aromatic rings. The lowest BCUT2D eigenvalue weighted by molar-refractivity contribution is 0.120. The van der Waals surface area contributed by atoms with Crippen LogP contribution in [-0.2, 0) is 11.7 Å². The highest BCUT2D eigenvalue weighted by Gasteiger charge is 2.17. The second-order valence-electron chi connectivity index (χ2n) is 6.04. The summed E-state index contributed by atoms with van der Waals surface area (Å²) in [6.45, 7) is -1.40. The largest absolute Gasteiger partial charge is 0.376 e. The van der Waals surface area contributed by atoms with Crippen molar-refractivity contribution < 1.29 is 8.85 Å². The maximum absolute atomic E-state index is 12.9. The highest BCUT2D eigenvalue weighted by Crippen LogP contribution is 2.24. The number of fused-ring (bicyclic) bond motifs is 1. The summed E-state index contributed by atoms with van der Waals surface area (Å²) < 4.78 is 29.2. The molecule has 0 spiro atoms. The van der Waals surface area contributed by atoms with Crippen LogP contribution in [0.2, 0.25) is 0 Å². The molecule has 1 saturated heterocycles. The number of hydrogen-bond donors (Lipinski definition) is 2. The first kappa shape index (κ1) is 13.2. The van der Waals surface area contributed by atoms with E-state index in [1.807, 2.05) is 0 Å². The Morgan fingerprint density at radius 2 is 2.38 bits per heavy atom. The molecule has 1 atom stereocenters. The smallest absolute Gasteiger partial charge is 0.261 e. The first-order chi connectivity index (χ1) is 13.9. The number of aromatic nitrogens is 4. The fourth-order valence-electron chi connectivity index (χ4n) is 2.97. The van der Waals surface area contributed by atoms with Crippen molar-refractivity contribution in [3.63, 3.8) is 0 Å². The van der Waals surface area contributed by atoms with E-state index in [9.17, 15) is 4.79 Å². The number of nitrogens with one attached hydrogen (secondary N) is 2. The Hall–Kier alpha value is -3.00. The van der Waals surface area contributed by atoms with Gasteiger partial charge in [-0.3, -0.25) is 9.78 Å². The van der Waals surface area contributed by atoms with Crippen LogP contribution >= 0.6 is 0 Å². The summed E-state index contributed by atoms with van der Waals surface area (Å²) in [5, 5.41) is 6.99. The number of rotatable bonds is 5. The number of anilines is 3. The Kier molecular flexibility index (Phi) is 3.61. The molecule has 8 heteroatoms. The zero-order valence-corrected chi connectivity index (χ0v) is 14.0. The minimum absolute atomic E-state index is 0.0250. The van der Waals surface area contributed by atoms with Crippen molar-refractivity contribution >= 4 is 28.2 Å². The zero-order valence-electron chi connectivity index (χ0n) is 17.0. The topological polar surface area (TPSA) is 94.0 Å². The second-order valence-corrected chi connectivity index (χ2v) is 6.04. The van der Waals surface area contributed by atoms with E-state index in [1.54, 1.807) is 30.7 Å². The van der Waals surface area contributed by atoms with Gasteiger partial charge in [0.25, 0.3) is 5.56 Å². The maximum Gasteiger partial charge on any atom is 0.261 e. The van der Waals surface area contributed by atoms with Gasteiger partial charge in [0.1, 0.15) is 17.5 Å². The van der Waals surface area contributed by atoms with Crippen LogP contribution in [0.25, 0.3) is 10.8 Å². The van der Waals surface area contributed by atoms with E-state index in [1.165, 1.54) is 6.20 Å². The molecular weight excluding hydrogens is 332 g/mol. The number of nitrogens with zero attached hydrogens (tertiary/aromatic N) is 4. The number of hydrogen-bond acceptors (Lipinski definition) is 7. The average molecular weight is 355 g/mol. The predicted molar refractivity (Wildman–Crippen MR) is 99.8 cm³/mol. The van der Waals surface area contributed by atoms with Crippen molar-refractivity contribution in [2.24, 2.45) is 6.98 Å². The fraction of sp³-hybridized carbons (Fsp3) is 0.333. The van der Waals surface area contributed by atoms with Crippen LogP contribution in [0.15, 0.2) is 41.7 Å².